The number of amides is 1. The van der Waals surface area contributed by atoms with Crippen LogP contribution in [0, 0.1) is 0 Å². The lowest BCUT2D eigenvalue weighted by atomic mass is 9.97. The van der Waals surface area contributed by atoms with E-state index in [-0.39, 0.29) is 11.9 Å². The first-order chi connectivity index (χ1) is 9.74. The second kappa shape index (κ2) is 7.43. The van der Waals surface area contributed by atoms with Gasteiger partial charge >= 0.3 is 0 Å². The van der Waals surface area contributed by atoms with Crippen LogP contribution in [0.25, 0.3) is 6.08 Å². The molecule has 106 valence electrons. The standard InChI is InChI=1S/C15H20N4O/c16-15-18-10-13(11-19-15)6-7-14(20)17-9-8-12-4-2-1-3-5-12/h4,6-7,10-11H,1-3,5,8-9H2,(H,17,20)(H2,16,18,19). The molecule has 1 aliphatic rings. The van der Waals surface area contributed by atoms with Gasteiger partial charge in [0.15, 0.2) is 0 Å². The van der Waals surface area contributed by atoms with E-state index in [1.54, 1.807) is 18.5 Å². The highest BCUT2D eigenvalue weighted by Crippen LogP contribution is 2.19. The fraction of sp³-hybridized carbons (Fsp3) is 0.400. The van der Waals surface area contributed by atoms with Gasteiger partial charge in [0.1, 0.15) is 0 Å². The maximum absolute atomic E-state index is 11.6. The Balaban J connectivity index is 1.72. The molecule has 2 rings (SSSR count). The number of carbonyl (C=O) groups excluding carboxylic acids is 1. The summed E-state index contributed by atoms with van der Waals surface area (Å²) in [6.45, 7) is 0.688. The minimum atomic E-state index is -0.0989. The quantitative estimate of drug-likeness (QED) is 0.635. The summed E-state index contributed by atoms with van der Waals surface area (Å²) in [5.41, 5.74) is 7.61. The lowest BCUT2D eigenvalue weighted by Crippen LogP contribution is -2.22. The zero-order valence-corrected chi connectivity index (χ0v) is 11.5. The summed E-state index contributed by atoms with van der Waals surface area (Å²) >= 11 is 0. The van der Waals surface area contributed by atoms with Gasteiger partial charge in [0.25, 0.3) is 0 Å². The number of rotatable bonds is 5. The summed E-state index contributed by atoms with van der Waals surface area (Å²) < 4.78 is 0. The lowest BCUT2D eigenvalue weighted by molar-refractivity contribution is -0.116. The van der Waals surface area contributed by atoms with Gasteiger partial charge in [-0.2, -0.15) is 0 Å². The molecule has 0 radical (unpaired) electrons. The summed E-state index contributed by atoms with van der Waals surface area (Å²) in [6, 6.07) is 0. The largest absolute Gasteiger partial charge is 0.368 e. The van der Waals surface area contributed by atoms with Crippen LogP contribution in [0.3, 0.4) is 0 Å². The molecule has 0 saturated carbocycles. The summed E-state index contributed by atoms with van der Waals surface area (Å²) in [5, 5.41) is 2.88. The van der Waals surface area contributed by atoms with Gasteiger partial charge in [-0.05, 0) is 38.2 Å². The molecule has 20 heavy (non-hydrogen) atoms. The van der Waals surface area contributed by atoms with Crippen molar-refractivity contribution in [3.63, 3.8) is 0 Å². The normalized spacial score (nSPS) is 15.1. The van der Waals surface area contributed by atoms with Crippen molar-refractivity contribution in [1.29, 1.82) is 0 Å². The SMILES string of the molecule is Nc1ncc(C=CC(=O)NCCC2=CCCCC2)cn1. The van der Waals surface area contributed by atoms with Crippen LogP contribution in [0.15, 0.2) is 30.1 Å². The second-order valence-corrected chi connectivity index (χ2v) is 4.86. The molecule has 3 N–H and O–H groups in total. The van der Waals surface area contributed by atoms with E-state index in [0.29, 0.717) is 6.54 Å². The van der Waals surface area contributed by atoms with Crippen molar-refractivity contribution >= 4 is 17.9 Å². The number of nitrogen functional groups attached to an aromatic ring is 1. The number of nitrogens with one attached hydrogen (secondary N) is 1. The van der Waals surface area contributed by atoms with Crippen LogP contribution in [0.2, 0.25) is 0 Å². The van der Waals surface area contributed by atoms with Crippen molar-refractivity contribution in [2.75, 3.05) is 12.3 Å². The van der Waals surface area contributed by atoms with E-state index in [4.69, 9.17) is 5.73 Å². The minimum Gasteiger partial charge on any atom is -0.368 e. The number of carbonyl (C=O) groups is 1. The Labute approximate surface area is 119 Å². The average molecular weight is 272 g/mol. The van der Waals surface area contributed by atoms with Crippen molar-refractivity contribution < 1.29 is 4.79 Å². The van der Waals surface area contributed by atoms with Gasteiger partial charge in [-0.25, -0.2) is 9.97 Å². The van der Waals surface area contributed by atoms with E-state index in [9.17, 15) is 4.79 Å². The summed E-state index contributed by atoms with van der Waals surface area (Å²) in [6.07, 6.45) is 14.5. The van der Waals surface area contributed by atoms with Gasteiger partial charge in [0.2, 0.25) is 11.9 Å². The monoisotopic (exact) mass is 272 g/mol. The Bertz CT molecular complexity index is 505. The topological polar surface area (TPSA) is 80.9 Å². The van der Waals surface area contributed by atoms with Crippen molar-refractivity contribution in [2.45, 2.75) is 32.1 Å². The number of nitrogens with two attached hydrogens (primary N) is 1. The second-order valence-electron chi connectivity index (χ2n) is 4.86. The highest BCUT2D eigenvalue weighted by Gasteiger charge is 2.03. The van der Waals surface area contributed by atoms with Crippen LogP contribution in [-0.4, -0.2) is 22.4 Å². The average Bonchev–Trinajstić information content (AvgIpc) is 2.48. The van der Waals surface area contributed by atoms with E-state index in [2.05, 4.69) is 21.4 Å². The number of anilines is 1. The Hall–Kier alpha value is -2.17. The van der Waals surface area contributed by atoms with Gasteiger partial charge in [-0.3, -0.25) is 4.79 Å². The smallest absolute Gasteiger partial charge is 0.244 e. The zero-order chi connectivity index (χ0) is 14.2. The number of hydrogen-bond acceptors (Lipinski definition) is 4. The molecule has 0 spiro atoms. The van der Waals surface area contributed by atoms with Crippen LogP contribution < -0.4 is 11.1 Å². The van der Waals surface area contributed by atoms with Gasteiger partial charge in [0.05, 0.1) is 0 Å². The third kappa shape index (κ3) is 4.84. The number of hydrogen-bond donors (Lipinski definition) is 2. The van der Waals surface area contributed by atoms with Gasteiger partial charge < -0.3 is 11.1 Å². The molecular formula is C15H20N4O. The van der Waals surface area contributed by atoms with E-state index < -0.39 is 0 Å². The maximum Gasteiger partial charge on any atom is 0.244 e. The van der Waals surface area contributed by atoms with Crippen molar-refractivity contribution in [3.05, 3.63) is 35.7 Å². The molecule has 0 aliphatic heterocycles. The molecule has 0 atom stereocenters. The fourth-order valence-corrected chi connectivity index (χ4v) is 2.14. The molecule has 1 aromatic heterocycles. The molecule has 5 heteroatoms. The highest BCUT2D eigenvalue weighted by molar-refractivity contribution is 5.91. The number of nitrogens with zero attached hydrogens (tertiary/aromatic N) is 2. The highest BCUT2D eigenvalue weighted by atomic mass is 16.1. The Kier molecular flexibility index (Phi) is 5.29. The lowest BCUT2D eigenvalue weighted by Gasteiger charge is -2.12. The molecule has 1 heterocycles. The summed E-state index contributed by atoms with van der Waals surface area (Å²) in [4.78, 5) is 19.4. The Morgan fingerprint density at radius 3 is 2.85 bits per heavy atom. The molecule has 0 bridgehead atoms. The van der Waals surface area contributed by atoms with Crippen LogP contribution in [-0.2, 0) is 4.79 Å². The molecule has 5 nitrogen and oxygen atoms in total. The van der Waals surface area contributed by atoms with E-state index in [0.717, 1.165) is 12.0 Å². The predicted molar refractivity (Wildman–Crippen MR) is 79.7 cm³/mol. The van der Waals surface area contributed by atoms with Crippen molar-refractivity contribution in [3.8, 4) is 0 Å². The van der Waals surface area contributed by atoms with Crippen molar-refractivity contribution in [1.82, 2.24) is 15.3 Å². The van der Waals surface area contributed by atoms with Gasteiger partial charge in [0, 0.05) is 30.6 Å². The fourth-order valence-electron chi connectivity index (χ4n) is 2.14. The van der Waals surface area contributed by atoms with E-state index in [1.165, 1.54) is 37.3 Å². The first kappa shape index (κ1) is 14.2. The third-order valence-electron chi connectivity index (χ3n) is 3.25. The van der Waals surface area contributed by atoms with E-state index >= 15 is 0 Å². The minimum absolute atomic E-state index is 0.0989. The van der Waals surface area contributed by atoms with Gasteiger partial charge in [-0.1, -0.05) is 11.6 Å². The molecule has 0 fully saturated rings. The van der Waals surface area contributed by atoms with Crippen LogP contribution in [0.4, 0.5) is 5.95 Å². The van der Waals surface area contributed by atoms with Gasteiger partial charge in [-0.15, -0.1) is 0 Å². The number of allylic oxidation sites excluding steroid dienone is 1. The molecule has 1 aromatic rings. The molecule has 0 unspecified atom stereocenters. The first-order valence-electron chi connectivity index (χ1n) is 6.95. The molecule has 1 aliphatic carbocycles. The molecular weight excluding hydrogens is 252 g/mol. The van der Waals surface area contributed by atoms with Crippen LogP contribution >= 0.6 is 0 Å². The maximum atomic E-state index is 11.6. The Morgan fingerprint density at radius 2 is 2.15 bits per heavy atom. The number of aromatic nitrogens is 2. The van der Waals surface area contributed by atoms with Crippen LogP contribution in [0.1, 0.15) is 37.7 Å². The van der Waals surface area contributed by atoms with Crippen LogP contribution in [0.5, 0.6) is 0 Å². The molecule has 1 amide bonds. The Morgan fingerprint density at radius 1 is 1.35 bits per heavy atom. The van der Waals surface area contributed by atoms with E-state index in [1.807, 2.05) is 0 Å². The molecule has 0 saturated heterocycles. The third-order valence-corrected chi connectivity index (χ3v) is 3.25. The molecule has 0 aromatic carbocycles. The predicted octanol–water partition coefficient (Wildman–Crippen LogP) is 2.08. The summed E-state index contributed by atoms with van der Waals surface area (Å²) in [7, 11) is 0. The first-order valence-corrected chi connectivity index (χ1v) is 6.95. The van der Waals surface area contributed by atoms with Crippen molar-refractivity contribution in [2.24, 2.45) is 0 Å². The summed E-state index contributed by atoms with van der Waals surface area (Å²) in [5.74, 6) is 0.130. The zero-order valence-electron chi connectivity index (χ0n) is 11.5.